The van der Waals surface area contributed by atoms with Gasteiger partial charge in [0.15, 0.2) is 0 Å². The molecule has 0 aliphatic carbocycles. The summed E-state index contributed by atoms with van der Waals surface area (Å²) in [6, 6.07) is 15.9. The Morgan fingerprint density at radius 3 is 2.60 bits per heavy atom. The van der Waals surface area contributed by atoms with Crippen LogP contribution in [-0.2, 0) is 11.3 Å². The van der Waals surface area contributed by atoms with Crippen LogP contribution in [-0.4, -0.2) is 23.1 Å². The number of para-hydroxylation sites is 1. The second-order valence-electron chi connectivity index (χ2n) is 6.68. The molecule has 152 valence electrons. The molecule has 0 aliphatic heterocycles. The van der Waals surface area contributed by atoms with Gasteiger partial charge in [0.2, 0.25) is 0 Å². The highest BCUT2D eigenvalue weighted by Gasteiger charge is 2.17. The van der Waals surface area contributed by atoms with Crippen molar-refractivity contribution >= 4 is 49.9 Å². The zero-order valence-corrected chi connectivity index (χ0v) is 17.4. The first-order valence-electron chi connectivity index (χ1n) is 9.67. The van der Waals surface area contributed by atoms with Crippen LogP contribution in [0, 0.1) is 0 Å². The molecule has 0 fully saturated rings. The van der Waals surface area contributed by atoms with Crippen molar-refractivity contribution in [2.45, 2.75) is 20.4 Å². The van der Waals surface area contributed by atoms with Crippen molar-refractivity contribution < 1.29 is 14.3 Å². The highest BCUT2D eigenvalue weighted by molar-refractivity contribution is 7.21. The Morgan fingerprint density at radius 1 is 1.03 bits per heavy atom. The molecular weight excluding hydrogens is 400 g/mol. The summed E-state index contributed by atoms with van der Waals surface area (Å²) in [5, 5.41) is 4.29. The number of nitrogens with zero attached hydrogens (tertiary/aromatic N) is 1. The Kier molecular flexibility index (Phi) is 5.37. The molecule has 0 saturated carbocycles. The van der Waals surface area contributed by atoms with Gasteiger partial charge in [0.05, 0.1) is 28.0 Å². The minimum absolute atomic E-state index is 0.106. The van der Waals surface area contributed by atoms with Crippen molar-refractivity contribution in [3.63, 3.8) is 0 Å². The molecule has 0 atom stereocenters. The Labute approximate surface area is 176 Å². The quantitative estimate of drug-likeness (QED) is 0.476. The van der Waals surface area contributed by atoms with Gasteiger partial charge in [-0.1, -0.05) is 24.3 Å². The van der Waals surface area contributed by atoms with Gasteiger partial charge in [-0.05, 0) is 44.2 Å². The van der Waals surface area contributed by atoms with Gasteiger partial charge in [0.1, 0.15) is 0 Å². The van der Waals surface area contributed by atoms with E-state index in [0.717, 1.165) is 15.6 Å². The van der Waals surface area contributed by atoms with Crippen molar-refractivity contribution in [2.24, 2.45) is 0 Å². The largest absolute Gasteiger partial charge is 0.462 e. The van der Waals surface area contributed by atoms with Crippen LogP contribution >= 0.6 is 11.3 Å². The number of amides is 1. The molecule has 30 heavy (non-hydrogen) atoms. The molecule has 0 bridgehead atoms. The lowest BCUT2D eigenvalue weighted by Crippen LogP contribution is -2.19. The Bertz CT molecular complexity index is 1340. The number of esters is 1. The number of hydrogen-bond acceptors (Lipinski definition) is 5. The van der Waals surface area contributed by atoms with E-state index in [9.17, 15) is 14.4 Å². The van der Waals surface area contributed by atoms with Crippen molar-refractivity contribution in [3.05, 3.63) is 75.4 Å². The molecule has 0 unspecified atom stereocenters. The second-order valence-corrected chi connectivity index (χ2v) is 7.73. The molecule has 4 rings (SSSR count). The van der Waals surface area contributed by atoms with Crippen LogP contribution in [0.3, 0.4) is 0 Å². The maximum absolute atomic E-state index is 12.9. The first-order chi connectivity index (χ1) is 14.5. The number of carbonyl (C=O) groups is 2. The summed E-state index contributed by atoms with van der Waals surface area (Å²) in [5.41, 5.74) is 1.60. The summed E-state index contributed by atoms with van der Waals surface area (Å²) in [4.78, 5) is 38.2. The second kappa shape index (κ2) is 8.12. The van der Waals surface area contributed by atoms with E-state index in [0.29, 0.717) is 28.1 Å². The average molecular weight is 420 g/mol. The molecule has 2 heterocycles. The first-order valence-corrected chi connectivity index (χ1v) is 10.5. The summed E-state index contributed by atoms with van der Waals surface area (Å²) >= 11 is 1.29. The SMILES string of the molecule is CCOC(=O)c1cccc(NC(=O)c2cc3c(=O)n(CC)c4ccccc4c3s2)c1. The van der Waals surface area contributed by atoms with Crippen LogP contribution in [0.1, 0.15) is 33.9 Å². The topological polar surface area (TPSA) is 77.4 Å². The smallest absolute Gasteiger partial charge is 0.338 e. The highest BCUT2D eigenvalue weighted by Crippen LogP contribution is 2.31. The number of benzene rings is 2. The van der Waals surface area contributed by atoms with Crippen molar-refractivity contribution in [1.29, 1.82) is 0 Å². The molecule has 0 radical (unpaired) electrons. The van der Waals surface area contributed by atoms with Crippen molar-refractivity contribution in [2.75, 3.05) is 11.9 Å². The third-order valence-electron chi connectivity index (χ3n) is 4.82. The zero-order valence-electron chi connectivity index (χ0n) is 16.6. The lowest BCUT2D eigenvalue weighted by molar-refractivity contribution is 0.0526. The molecule has 2 aromatic carbocycles. The minimum Gasteiger partial charge on any atom is -0.462 e. The number of anilines is 1. The van der Waals surface area contributed by atoms with E-state index in [-0.39, 0.29) is 18.1 Å². The normalized spacial score (nSPS) is 11.0. The van der Waals surface area contributed by atoms with Crippen LogP contribution in [0.4, 0.5) is 5.69 Å². The Balaban J connectivity index is 1.72. The lowest BCUT2D eigenvalue weighted by atomic mass is 10.1. The number of ether oxygens (including phenoxy) is 1. The summed E-state index contributed by atoms with van der Waals surface area (Å²) in [6.45, 7) is 4.49. The van der Waals surface area contributed by atoms with Gasteiger partial charge >= 0.3 is 5.97 Å². The molecule has 0 saturated heterocycles. The van der Waals surface area contributed by atoms with Crippen LogP contribution in [0.2, 0.25) is 0 Å². The predicted molar refractivity (Wildman–Crippen MR) is 120 cm³/mol. The van der Waals surface area contributed by atoms with Gasteiger partial charge in [-0.25, -0.2) is 4.79 Å². The number of pyridine rings is 1. The van der Waals surface area contributed by atoms with Crippen molar-refractivity contribution in [3.8, 4) is 0 Å². The molecule has 2 aromatic heterocycles. The minimum atomic E-state index is -0.443. The number of carbonyl (C=O) groups excluding carboxylic acids is 2. The molecular formula is C23H20N2O4S. The predicted octanol–water partition coefficient (Wildman–Crippen LogP) is 4.67. The number of fused-ring (bicyclic) bond motifs is 3. The van der Waals surface area contributed by atoms with Crippen molar-refractivity contribution in [1.82, 2.24) is 4.57 Å². The van der Waals surface area contributed by atoms with E-state index in [1.807, 2.05) is 31.2 Å². The fraction of sp³-hybridized carbons (Fsp3) is 0.174. The van der Waals surface area contributed by atoms with Gasteiger partial charge < -0.3 is 14.6 Å². The number of aryl methyl sites for hydroxylation is 1. The molecule has 6 nitrogen and oxygen atoms in total. The first kappa shape index (κ1) is 19.8. The van der Waals surface area contributed by atoms with Gasteiger partial charge in [-0.15, -0.1) is 11.3 Å². The van der Waals surface area contributed by atoms with Crippen LogP contribution in [0.25, 0.3) is 21.0 Å². The third-order valence-corrected chi connectivity index (χ3v) is 5.99. The molecule has 7 heteroatoms. The van der Waals surface area contributed by atoms with E-state index >= 15 is 0 Å². The van der Waals surface area contributed by atoms with Gasteiger partial charge in [-0.3, -0.25) is 9.59 Å². The van der Waals surface area contributed by atoms with E-state index in [4.69, 9.17) is 4.74 Å². The maximum Gasteiger partial charge on any atom is 0.338 e. The Hall–Kier alpha value is -3.45. The zero-order chi connectivity index (χ0) is 21.3. The van der Waals surface area contributed by atoms with Crippen LogP contribution in [0.5, 0.6) is 0 Å². The fourth-order valence-corrected chi connectivity index (χ4v) is 4.54. The van der Waals surface area contributed by atoms with E-state index in [1.165, 1.54) is 11.3 Å². The summed E-state index contributed by atoms with van der Waals surface area (Å²) in [5.74, 6) is -0.772. The summed E-state index contributed by atoms with van der Waals surface area (Å²) in [6.07, 6.45) is 0. The number of thiophene rings is 1. The third kappa shape index (κ3) is 3.48. The van der Waals surface area contributed by atoms with Gasteiger partial charge in [-0.2, -0.15) is 0 Å². The maximum atomic E-state index is 12.9. The summed E-state index contributed by atoms with van der Waals surface area (Å²) in [7, 11) is 0. The van der Waals surface area contributed by atoms with Gasteiger partial charge in [0, 0.05) is 22.3 Å². The highest BCUT2D eigenvalue weighted by atomic mass is 32.1. The number of rotatable bonds is 5. The Morgan fingerprint density at radius 2 is 1.83 bits per heavy atom. The molecule has 1 N–H and O–H groups in total. The average Bonchev–Trinajstić information content (AvgIpc) is 3.21. The number of aromatic nitrogens is 1. The standard InChI is InChI=1S/C23H20N2O4S/c1-3-25-18-11-6-5-10-16(18)20-17(22(25)27)13-19(30-20)21(26)24-15-9-7-8-14(12-15)23(28)29-4-2/h5-13H,3-4H2,1-2H3,(H,24,26). The number of hydrogen-bond donors (Lipinski definition) is 1. The molecule has 4 aromatic rings. The van der Waals surface area contributed by atoms with E-state index in [1.54, 1.807) is 41.8 Å². The number of nitrogens with one attached hydrogen (secondary N) is 1. The van der Waals surface area contributed by atoms with Crippen LogP contribution < -0.4 is 10.9 Å². The van der Waals surface area contributed by atoms with E-state index in [2.05, 4.69) is 5.32 Å². The molecule has 0 spiro atoms. The van der Waals surface area contributed by atoms with Gasteiger partial charge in [0.25, 0.3) is 11.5 Å². The van der Waals surface area contributed by atoms with E-state index < -0.39 is 5.97 Å². The monoisotopic (exact) mass is 420 g/mol. The van der Waals surface area contributed by atoms with Crippen LogP contribution in [0.15, 0.2) is 59.4 Å². The summed E-state index contributed by atoms with van der Waals surface area (Å²) < 4.78 is 7.52. The lowest BCUT2D eigenvalue weighted by Gasteiger charge is -2.08. The molecule has 1 amide bonds. The fourth-order valence-electron chi connectivity index (χ4n) is 3.46. The molecule has 0 aliphatic rings.